The number of methoxy groups -OCH3 is 2. The van der Waals surface area contributed by atoms with Crippen LogP contribution in [0.5, 0.6) is 11.5 Å². The summed E-state index contributed by atoms with van der Waals surface area (Å²) in [4.78, 5) is 0. The second kappa shape index (κ2) is 7.98. The van der Waals surface area contributed by atoms with Gasteiger partial charge in [0.2, 0.25) is 0 Å². The van der Waals surface area contributed by atoms with E-state index in [4.69, 9.17) is 9.47 Å². The Morgan fingerprint density at radius 2 is 1.67 bits per heavy atom. The number of hydrogen-bond donors (Lipinski definition) is 1. The second-order valence-corrected chi connectivity index (χ2v) is 4.57. The monoisotopic (exact) mass is 252 g/mol. The molecule has 1 rings (SSSR count). The summed E-state index contributed by atoms with van der Waals surface area (Å²) in [7, 11) is 3.27. The van der Waals surface area contributed by atoms with Crippen LogP contribution in [0.1, 0.15) is 38.2 Å². The lowest BCUT2D eigenvalue weighted by atomic mass is 10.0. The van der Waals surface area contributed by atoms with Gasteiger partial charge in [-0.1, -0.05) is 26.2 Å². The van der Waals surface area contributed by atoms with Gasteiger partial charge < -0.3 is 14.6 Å². The third-order valence-corrected chi connectivity index (χ3v) is 3.02. The van der Waals surface area contributed by atoms with Gasteiger partial charge in [-0.05, 0) is 30.5 Å². The molecule has 0 amide bonds. The van der Waals surface area contributed by atoms with Crippen molar-refractivity contribution in [1.82, 2.24) is 0 Å². The number of rotatable bonds is 8. The normalized spacial score (nSPS) is 12.2. The molecule has 0 saturated heterocycles. The number of aliphatic hydroxyl groups excluding tert-OH is 1. The van der Waals surface area contributed by atoms with Crippen LogP contribution in [0.25, 0.3) is 0 Å². The van der Waals surface area contributed by atoms with Gasteiger partial charge in [0.15, 0.2) is 0 Å². The van der Waals surface area contributed by atoms with Crippen LogP contribution in [0.2, 0.25) is 0 Å². The first-order valence-electron chi connectivity index (χ1n) is 6.59. The molecule has 1 N–H and O–H groups in total. The second-order valence-electron chi connectivity index (χ2n) is 4.57. The van der Waals surface area contributed by atoms with E-state index in [0.29, 0.717) is 6.42 Å². The molecule has 3 nitrogen and oxygen atoms in total. The average molecular weight is 252 g/mol. The van der Waals surface area contributed by atoms with Crippen LogP contribution in [0.3, 0.4) is 0 Å². The topological polar surface area (TPSA) is 38.7 Å². The first-order chi connectivity index (χ1) is 8.69. The van der Waals surface area contributed by atoms with Crippen molar-refractivity contribution < 1.29 is 14.6 Å². The average Bonchev–Trinajstić information content (AvgIpc) is 2.38. The van der Waals surface area contributed by atoms with Gasteiger partial charge in [-0.15, -0.1) is 0 Å². The van der Waals surface area contributed by atoms with E-state index in [1.165, 1.54) is 12.8 Å². The zero-order valence-corrected chi connectivity index (χ0v) is 11.6. The van der Waals surface area contributed by atoms with E-state index in [-0.39, 0.29) is 6.10 Å². The Bertz CT molecular complexity index is 327. The lowest BCUT2D eigenvalue weighted by Gasteiger charge is -2.12. The number of aliphatic hydroxyl groups is 1. The maximum atomic E-state index is 9.97. The molecule has 0 aliphatic rings. The molecule has 0 radical (unpaired) electrons. The molecule has 18 heavy (non-hydrogen) atoms. The summed E-state index contributed by atoms with van der Waals surface area (Å²) in [5.41, 5.74) is 1.05. The molecule has 1 atom stereocenters. The number of hydrogen-bond acceptors (Lipinski definition) is 3. The molecule has 0 spiro atoms. The van der Waals surface area contributed by atoms with Gasteiger partial charge in [-0.25, -0.2) is 0 Å². The molecule has 0 fully saturated rings. The quantitative estimate of drug-likeness (QED) is 0.722. The summed E-state index contributed by atoms with van der Waals surface area (Å²) in [6.45, 7) is 2.17. The first kappa shape index (κ1) is 14.8. The van der Waals surface area contributed by atoms with Gasteiger partial charge in [-0.3, -0.25) is 0 Å². The molecule has 0 aromatic heterocycles. The van der Waals surface area contributed by atoms with Crippen molar-refractivity contribution >= 4 is 0 Å². The van der Waals surface area contributed by atoms with Crippen molar-refractivity contribution in [1.29, 1.82) is 0 Å². The Morgan fingerprint density at radius 3 is 2.17 bits per heavy atom. The van der Waals surface area contributed by atoms with Crippen molar-refractivity contribution in [2.24, 2.45) is 0 Å². The largest absolute Gasteiger partial charge is 0.497 e. The van der Waals surface area contributed by atoms with Crippen molar-refractivity contribution in [3.63, 3.8) is 0 Å². The van der Waals surface area contributed by atoms with Gasteiger partial charge >= 0.3 is 0 Å². The lowest BCUT2D eigenvalue weighted by Crippen LogP contribution is -2.10. The van der Waals surface area contributed by atoms with E-state index < -0.39 is 0 Å². The zero-order chi connectivity index (χ0) is 13.4. The predicted octanol–water partition coefficient (Wildman–Crippen LogP) is 3.19. The molecule has 1 aromatic carbocycles. The molecule has 0 heterocycles. The number of unbranched alkanes of at least 4 members (excludes halogenated alkanes) is 2. The van der Waals surface area contributed by atoms with Crippen LogP contribution in [0, 0.1) is 0 Å². The third kappa shape index (κ3) is 4.96. The molecule has 0 saturated carbocycles. The van der Waals surface area contributed by atoms with Gasteiger partial charge in [0.1, 0.15) is 11.5 Å². The molecule has 102 valence electrons. The maximum absolute atomic E-state index is 9.97. The fourth-order valence-electron chi connectivity index (χ4n) is 1.99. The molecule has 1 aromatic rings. The molecular weight excluding hydrogens is 228 g/mol. The van der Waals surface area contributed by atoms with E-state index in [9.17, 15) is 5.11 Å². The Labute approximate surface area is 110 Å². The van der Waals surface area contributed by atoms with E-state index in [2.05, 4.69) is 6.92 Å². The highest BCUT2D eigenvalue weighted by Crippen LogP contribution is 2.23. The summed E-state index contributed by atoms with van der Waals surface area (Å²) in [6, 6.07) is 5.74. The van der Waals surface area contributed by atoms with Gasteiger partial charge in [0, 0.05) is 6.07 Å². The minimum Gasteiger partial charge on any atom is -0.497 e. The summed E-state index contributed by atoms with van der Waals surface area (Å²) < 4.78 is 10.4. The van der Waals surface area contributed by atoms with Crippen LogP contribution in [0.4, 0.5) is 0 Å². The summed E-state index contributed by atoms with van der Waals surface area (Å²) >= 11 is 0. The fraction of sp³-hybridized carbons (Fsp3) is 0.600. The SMILES string of the molecule is CCCCCC(O)Cc1cc(OC)cc(OC)c1. The predicted molar refractivity (Wildman–Crippen MR) is 73.4 cm³/mol. The van der Waals surface area contributed by atoms with E-state index >= 15 is 0 Å². The summed E-state index contributed by atoms with van der Waals surface area (Å²) in [6.07, 6.45) is 4.66. The molecule has 1 unspecified atom stereocenters. The smallest absolute Gasteiger partial charge is 0.122 e. The van der Waals surface area contributed by atoms with Crippen LogP contribution >= 0.6 is 0 Å². The van der Waals surface area contributed by atoms with Crippen molar-refractivity contribution in [2.45, 2.75) is 45.1 Å². The minimum absolute atomic E-state index is 0.284. The summed E-state index contributed by atoms with van der Waals surface area (Å²) in [5, 5.41) is 9.97. The van der Waals surface area contributed by atoms with Crippen LogP contribution < -0.4 is 9.47 Å². The minimum atomic E-state index is -0.284. The zero-order valence-electron chi connectivity index (χ0n) is 11.6. The van der Waals surface area contributed by atoms with Crippen molar-refractivity contribution in [3.8, 4) is 11.5 Å². The molecule has 0 aliphatic carbocycles. The Balaban J connectivity index is 2.59. The highest BCUT2D eigenvalue weighted by atomic mass is 16.5. The molecule has 0 aliphatic heterocycles. The first-order valence-corrected chi connectivity index (χ1v) is 6.59. The van der Waals surface area contributed by atoms with Crippen LogP contribution in [-0.4, -0.2) is 25.4 Å². The van der Waals surface area contributed by atoms with Crippen molar-refractivity contribution in [3.05, 3.63) is 23.8 Å². The lowest BCUT2D eigenvalue weighted by molar-refractivity contribution is 0.161. The third-order valence-electron chi connectivity index (χ3n) is 3.02. The standard InChI is InChI=1S/C15H24O3/c1-4-5-6-7-13(16)8-12-9-14(17-2)11-15(10-12)18-3/h9-11,13,16H,4-8H2,1-3H3. The molecular formula is C15H24O3. The Kier molecular flexibility index (Phi) is 6.58. The van der Waals surface area contributed by atoms with Gasteiger partial charge in [0.25, 0.3) is 0 Å². The van der Waals surface area contributed by atoms with E-state index in [1.807, 2.05) is 18.2 Å². The fourth-order valence-corrected chi connectivity index (χ4v) is 1.99. The Hall–Kier alpha value is -1.22. The van der Waals surface area contributed by atoms with Gasteiger partial charge in [-0.2, -0.15) is 0 Å². The molecule has 3 heteroatoms. The highest BCUT2D eigenvalue weighted by Gasteiger charge is 2.08. The van der Waals surface area contributed by atoms with Crippen LogP contribution in [-0.2, 0) is 6.42 Å². The van der Waals surface area contributed by atoms with E-state index in [1.54, 1.807) is 14.2 Å². The van der Waals surface area contributed by atoms with Crippen molar-refractivity contribution in [2.75, 3.05) is 14.2 Å². The van der Waals surface area contributed by atoms with Gasteiger partial charge in [0.05, 0.1) is 20.3 Å². The Morgan fingerprint density at radius 1 is 1.06 bits per heavy atom. The van der Waals surface area contributed by atoms with E-state index in [0.717, 1.165) is 29.9 Å². The number of ether oxygens (including phenoxy) is 2. The van der Waals surface area contributed by atoms with Crippen LogP contribution in [0.15, 0.2) is 18.2 Å². The summed E-state index contributed by atoms with van der Waals surface area (Å²) in [5.74, 6) is 1.54. The maximum Gasteiger partial charge on any atom is 0.122 e. The molecule has 0 bridgehead atoms. The highest BCUT2D eigenvalue weighted by molar-refractivity contribution is 5.38. The number of benzene rings is 1.